The van der Waals surface area contributed by atoms with Gasteiger partial charge in [-0.3, -0.25) is 24.0 Å². The van der Waals surface area contributed by atoms with E-state index in [0.717, 1.165) is 63.7 Å². The molecule has 410 valence electrons. The van der Waals surface area contributed by atoms with Gasteiger partial charge in [0.15, 0.2) is 5.41 Å². The molecule has 1 aliphatic heterocycles. The molecule has 0 radical (unpaired) electrons. The van der Waals surface area contributed by atoms with Crippen molar-refractivity contribution < 1.29 is 57.9 Å². The second-order valence-corrected chi connectivity index (χ2v) is 27.2. The molecule has 8 aliphatic carbocycles. The maximum absolute atomic E-state index is 12.4. The molecule has 13 nitrogen and oxygen atoms in total. The van der Waals surface area contributed by atoms with Crippen molar-refractivity contribution in [2.75, 3.05) is 0 Å². The minimum Gasteiger partial charge on any atom is -0.462 e. The lowest BCUT2D eigenvalue weighted by Crippen LogP contribution is -2.67. The Hall–Kier alpha value is -3.24. The molecule has 13 heteroatoms. The summed E-state index contributed by atoms with van der Waals surface area (Å²) in [6, 6.07) is 2.15. The Morgan fingerprint density at radius 3 is 1.62 bits per heavy atom. The Kier molecular flexibility index (Phi) is 18.3. The Morgan fingerprint density at radius 2 is 1.14 bits per heavy atom. The first kappa shape index (κ1) is 59.6. The third-order valence-electron chi connectivity index (χ3n) is 19.2. The van der Waals surface area contributed by atoms with E-state index in [1.807, 2.05) is 83.1 Å². The molecular weight excluding hydrogens is 915 g/mol. The van der Waals surface area contributed by atoms with E-state index in [-0.39, 0.29) is 70.3 Å². The van der Waals surface area contributed by atoms with Crippen molar-refractivity contribution in [1.82, 2.24) is 0 Å². The topological polar surface area (TPSA) is 196 Å². The zero-order valence-electron chi connectivity index (χ0n) is 47.4. The highest BCUT2D eigenvalue weighted by Crippen LogP contribution is 2.63. The third-order valence-corrected chi connectivity index (χ3v) is 19.2. The Labute approximate surface area is 433 Å². The highest BCUT2D eigenvalue weighted by molar-refractivity contribution is 5.85. The van der Waals surface area contributed by atoms with E-state index in [9.17, 15) is 39.4 Å². The summed E-state index contributed by atoms with van der Waals surface area (Å²) < 4.78 is 28.2. The lowest BCUT2D eigenvalue weighted by Gasteiger charge is -2.62. The molecule has 9 fully saturated rings. The van der Waals surface area contributed by atoms with Crippen molar-refractivity contribution in [2.24, 2.45) is 56.7 Å². The summed E-state index contributed by atoms with van der Waals surface area (Å²) in [5.74, 6) is 0.660. The van der Waals surface area contributed by atoms with Gasteiger partial charge in [0.1, 0.15) is 29.5 Å². The highest BCUT2D eigenvalue weighted by atomic mass is 16.6. The van der Waals surface area contributed by atoms with Crippen LogP contribution < -0.4 is 0 Å². The van der Waals surface area contributed by atoms with Gasteiger partial charge in [0.05, 0.1) is 38.9 Å². The summed E-state index contributed by atoms with van der Waals surface area (Å²) in [6.07, 6.45) is 18.2. The van der Waals surface area contributed by atoms with Crippen molar-refractivity contribution in [2.45, 2.75) is 279 Å². The SMILES string of the molecule is CCC(C)(C)C(=O)OC(C)(C)C1CCC(C)CC1.CCC(C)(C)C(=O)OC12CC3CC(O)(CC(O)(C3)C1)C2.CCC(C)(C)C(=O)OC1C2CC3C1OC(=O)C3(C#N)C2.CCC(C)(C)C(=O)OC1CCCCC1. The number of esters is 5. The first-order chi connectivity index (χ1) is 33.2. The van der Waals surface area contributed by atoms with Gasteiger partial charge in [0.25, 0.3) is 0 Å². The van der Waals surface area contributed by atoms with Crippen LogP contribution in [0.15, 0.2) is 0 Å². The molecule has 0 spiro atoms. The van der Waals surface area contributed by atoms with Crippen LogP contribution >= 0.6 is 0 Å². The normalized spacial score (nSPS) is 34.7. The number of hydrogen-bond acceptors (Lipinski definition) is 13. The molecule has 0 aromatic carbocycles. The van der Waals surface area contributed by atoms with E-state index >= 15 is 0 Å². The minimum absolute atomic E-state index is 0.0214. The van der Waals surface area contributed by atoms with Crippen LogP contribution in [-0.4, -0.2) is 80.8 Å². The molecule has 0 amide bonds. The van der Waals surface area contributed by atoms with Crippen LogP contribution in [0.2, 0.25) is 0 Å². The predicted molar refractivity (Wildman–Crippen MR) is 274 cm³/mol. The summed E-state index contributed by atoms with van der Waals surface area (Å²) in [7, 11) is 0. The van der Waals surface area contributed by atoms with E-state index < -0.39 is 45.1 Å². The Morgan fingerprint density at radius 1 is 0.653 bits per heavy atom. The number of rotatable bonds is 13. The van der Waals surface area contributed by atoms with Gasteiger partial charge in [-0.1, -0.05) is 53.9 Å². The number of nitriles is 1. The van der Waals surface area contributed by atoms with Crippen LogP contribution in [0.3, 0.4) is 0 Å². The van der Waals surface area contributed by atoms with E-state index in [1.54, 1.807) is 0 Å². The van der Waals surface area contributed by atoms with E-state index in [4.69, 9.17) is 23.7 Å². The number of nitrogens with zero attached hydrogens (tertiary/aromatic N) is 1. The molecule has 8 saturated carbocycles. The smallest absolute Gasteiger partial charge is 0.327 e. The number of ether oxygens (including phenoxy) is 5. The number of aliphatic hydroxyl groups is 2. The summed E-state index contributed by atoms with van der Waals surface area (Å²) in [6.45, 7) is 29.8. The second kappa shape index (κ2) is 22.2. The molecule has 7 atom stereocenters. The van der Waals surface area contributed by atoms with Crippen molar-refractivity contribution in [3.05, 3.63) is 0 Å². The van der Waals surface area contributed by atoms with Gasteiger partial charge in [0.2, 0.25) is 0 Å². The van der Waals surface area contributed by atoms with Gasteiger partial charge < -0.3 is 33.9 Å². The van der Waals surface area contributed by atoms with Crippen molar-refractivity contribution in [3.8, 4) is 6.07 Å². The standard InChI is InChI=1S/C16H26O4.C16H30O2.C15H19NO4.C12H22O2/c1-4-13(2,3)12(17)20-16-7-11-5-14(18,9-16)8-15(19,6-11)10-16;1-7-15(3,4)14(17)18-16(5,6)13-10-8-12(2)9-11-13;1-4-14(2,3)12(17)19-10-8-5-9-11(10)20-13(18)15(9,6-8)7-16;1-4-12(2,3)11(13)14-10-8-6-5-7-9-10/h11,18-19H,4-10H2,1-3H3;12-13H,7-11H2,1-6H3;8-11H,4-6H2,1-3H3;10H,4-9H2,1-3H3. The van der Waals surface area contributed by atoms with Crippen LogP contribution in [0.1, 0.15) is 239 Å². The summed E-state index contributed by atoms with van der Waals surface area (Å²) in [5, 5.41) is 30.6. The summed E-state index contributed by atoms with van der Waals surface area (Å²) in [5.41, 5.74) is -5.33. The molecule has 7 unspecified atom stereocenters. The maximum atomic E-state index is 12.4. The second-order valence-electron chi connectivity index (χ2n) is 27.2. The number of carbonyl (C=O) groups excluding carboxylic acids is 5. The minimum atomic E-state index is -0.974. The highest BCUT2D eigenvalue weighted by Gasteiger charge is 2.72. The molecule has 2 N–H and O–H groups in total. The Bertz CT molecular complexity index is 1960. The molecule has 9 aliphatic rings. The van der Waals surface area contributed by atoms with Crippen molar-refractivity contribution >= 4 is 29.8 Å². The van der Waals surface area contributed by atoms with Crippen LogP contribution in [0, 0.1) is 68.0 Å². The first-order valence-corrected chi connectivity index (χ1v) is 28.2. The van der Waals surface area contributed by atoms with Crippen LogP contribution in [0.4, 0.5) is 0 Å². The van der Waals surface area contributed by atoms with Gasteiger partial charge in [-0.2, -0.15) is 5.26 Å². The third kappa shape index (κ3) is 13.2. The van der Waals surface area contributed by atoms with E-state index in [2.05, 4.69) is 26.8 Å². The molecule has 0 aromatic heterocycles. The molecule has 1 saturated heterocycles. The fourth-order valence-corrected chi connectivity index (χ4v) is 12.8. The lowest BCUT2D eigenvalue weighted by atomic mass is 9.50. The van der Waals surface area contributed by atoms with Gasteiger partial charge >= 0.3 is 29.8 Å². The first-order valence-electron chi connectivity index (χ1n) is 28.2. The zero-order chi connectivity index (χ0) is 54.1. The fourth-order valence-electron chi connectivity index (χ4n) is 12.8. The maximum Gasteiger partial charge on any atom is 0.327 e. The zero-order valence-corrected chi connectivity index (χ0v) is 47.4. The van der Waals surface area contributed by atoms with Gasteiger partial charge in [0, 0.05) is 31.1 Å². The number of hydrogen-bond donors (Lipinski definition) is 2. The largest absolute Gasteiger partial charge is 0.462 e. The van der Waals surface area contributed by atoms with Gasteiger partial charge in [-0.25, -0.2) is 0 Å². The van der Waals surface area contributed by atoms with Gasteiger partial charge in [-0.15, -0.1) is 0 Å². The van der Waals surface area contributed by atoms with Crippen molar-refractivity contribution in [3.63, 3.8) is 0 Å². The monoisotopic (exact) mass is 1010 g/mol. The number of carbonyl (C=O) groups is 5. The van der Waals surface area contributed by atoms with Crippen molar-refractivity contribution in [1.29, 1.82) is 5.26 Å². The quantitative estimate of drug-likeness (QED) is 0.131. The Balaban J connectivity index is 0.000000180. The number of fused-ring (bicyclic) bond motifs is 1. The molecule has 1 heterocycles. The molecule has 6 bridgehead atoms. The van der Waals surface area contributed by atoms with E-state index in [0.29, 0.717) is 38.0 Å². The van der Waals surface area contributed by atoms with E-state index in [1.165, 1.54) is 44.9 Å². The molecule has 72 heavy (non-hydrogen) atoms. The van der Waals surface area contributed by atoms with Crippen LogP contribution in [0.25, 0.3) is 0 Å². The van der Waals surface area contributed by atoms with Crippen LogP contribution in [0.5, 0.6) is 0 Å². The molecular formula is C59H97NO12. The average Bonchev–Trinajstić information content (AvgIpc) is 3.91. The lowest BCUT2D eigenvalue weighted by molar-refractivity contribution is -0.264. The summed E-state index contributed by atoms with van der Waals surface area (Å²) >= 11 is 0. The summed E-state index contributed by atoms with van der Waals surface area (Å²) in [4.78, 5) is 60.5. The fraction of sp³-hybridized carbons (Fsp3) is 0.898. The molecule has 0 aromatic rings. The average molecular weight is 1010 g/mol. The van der Waals surface area contributed by atoms with Gasteiger partial charge in [-0.05, 0) is 183 Å². The predicted octanol–water partition coefficient (Wildman–Crippen LogP) is 11.8. The van der Waals surface area contributed by atoms with Crippen LogP contribution in [-0.2, 0) is 47.7 Å². The molecule has 9 rings (SSSR count).